The summed E-state index contributed by atoms with van der Waals surface area (Å²) in [4.78, 5) is 16.9. The molecule has 1 atom stereocenters. The van der Waals surface area contributed by atoms with Crippen LogP contribution in [0.5, 0.6) is 5.75 Å². The van der Waals surface area contributed by atoms with Crippen molar-refractivity contribution >= 4 is 10.9 Å². The van der Waals surface area contributed by atoms with E-state index < -0.39 is 0 Å². The first-order valence-electron chi connectivity index (χ1n) is 6.52. The summed E-state index contributed by atoms with van der Waals surface area (Å²) in [6.07, 6.45) is 2.75. The fraction of sp³-hybridized carbons (Fsp3) is 0.429. The monoisotopic (exact) mass is 259 g/mol. The van der Waals surface area contributed by atoms with E-state index >= 15 is 0 Å². The predicted octanol–water partition coefficient (Wildman–Crippen LogP) is 1.01. The Hall–Kier alpha value is -1.88. The average molecular weight is 259 g/mol. The highest BCUT2D eigenvalue weighted by Gasteiger charge is 2.17. The van der Waals surface area contributed by atoms with Crippen LogP contribution in [0.4, 0.5) is 0 Å². The predicted molar refractivity (Wildman–Crippen MR) is 73.5 cm³/mol. The van der Waals surface area contributed by atoms with Crippen LogP contribution in [0.3, 0.4) is 0 Å². The van der Waals surface area contributed by atoms with Crippen molar-refractivity contribution < 1.29 is 4.74 Å². The van der Waals surface area contributed by atoms with E-state index in [2.05, 4.69) is 10.3 Å². The third-order valence-corrected chi connectivity index (χ3v) is 3.65. The molecule has 1 aliphatic heterocycles. The molecule has 1 fully saturated rings. The molecule has 1 aliphatic rings. The number of methoxy groups -OCH3 is 1. The standard InChI is InChI=1S/C14H17N3O2/c1-19-12-4-2-3-11-13(12)14(18)17(9-16-11)8-10-5-6-15-7-10/h2-4,9-10,15H,5-8H2,1H3. The molecule has 0 aliphatic carbocycles. The molecule has 2 aromatic rings. The minimum absolute atomic E-state index is 0.0191. The van der Waals surface area contributed by atoms with Crippen molar-refractivity contribution in [1.82, 2.24) is 14.9 Å². The van der Waals surface area contributed by atoms with Crippen LogP contribution in [-0.2, 0) is 6.54 Å². The highest BCUT2D eigenvalue weighted by molar-refractivity contribution is 5.83. The highest BCUT2D eigenvalue weighted by atomic mass is 16.5. The number of hydrogen-bond donors (Lipinski definition) is 1. The van der Waals surface area contributed by atoms with Gasteiger partial charge >= 0.3 is 0 Å². The number of benzene rings is 1. The Morgan fingerprint density at radius 1 is 1.53 bits per heavy atom. The smallest absolute Gasteiger partial charge is 0.264 e. The highest BCUT2D eigenvalue weighted by Crippen LogP contribution is 2.20. The van der Waals surface area contributed by atoms with Crippen molar-refractivity contribution in [3.05, 3.63) is 34.9 Å². The molecule has 1 N–H and O–H groups in total. The van der Waals surface area contributed by atoms with Crippen LogP contribution in [0.15, 0.2) is 29.3 Å². The Kier molecular flexibility index (Phi) is 3.21. The zero-order valence-corrected chi connectivity index (χ0v) is 10.9. The van der Waals surface area contributed by atoms with E-state index in [0.29, 0.717) is 29.1 Å². The summed E-state index contributed by atoms with van der Waals surface area (Å²) in [5.41, 5.74) is 0.666. The van der Waals surface area contributed by atoms with Gasteiger partial charge in [-0.05, 0) is 37.6 Å². The topological polar surface area (TPSA) is 56.1 Å². The summed E-state index contributed by atoms with van der Waals surface area (Å²) in [6.45, 7) is 2.72. The Morgan fingerprint density at radius 3 is 3.16 bits per heavy atom. The van der Waals surface area contributed by atoms with Gasteiger partial charge < -0.3 is 10.1 Å². The summed E-state index contributed by atoms with van der Waals surface area (Å²) >= 11 is 0. The molecule has 0 spiro atoms. The fourth-order valence-electron chi connectivity index (χ4n) is 2.62. The van der Waals surface area contributed by atoms with Crippen LogP contribution in [0.1, 0.15) is 6.42 Å². The van der Waals surface area contributed by atoms with Gasteiger partial charge in [0.05, 0.1) is 19.0 Å². The third-order valence-electron chi connectivity index (χ3n) is 3.65. The number of aromatic nitrogens is 2. The molecule has 1 unspecified atom stereocenters. The normalized spacial score (nSPS) is 18.9. The van der Waals surface area contributed by atoms with Crippen LogP contribution >= 0.6 is 0 Å². The minimum Gasteiger partial charge on any atom is -0.496 e. The quantitative estimate of drug-likeness (QED) is 0.894. The summed E-state index contributed by atoms with van der Waals surface area (Å²) in [6, 6.07) is 5.48. The summed E-state index contributed by atoms with van der Waals surface area (Å²) < 4.78 is 6.96. The lowest BCUT2D eigenvalue weighted by atomic mass is 10.1. The van der Waals surface area contributed by atoms with Crippen molar-refractivity contribution in [3.8, 4) is 5.75 Å². The van der Waals surface area contributed by atoms with Crippen molar-refractivity contribution in [2.45, 2.75) is 13.0 Å². The average Bonchev–Trinajstić information content (AvgIpc) is 2.94. The Labute approximate surface area is 111 Å². The molecule has 1 aromatic heterocycles. The largest absolute Gasteiger partial charge is 0.496 e. The zero-order valence-electron chi connectivity index (χ0n) is 10.9. The number of nitrogens with zero attached hydrogens (tertiary/aromatic N) is 2. The van der Waals surface area contributed by atoms with Gasteiger partial charge in [-0.2, -0.15) is 0 Å². The molecule has 0 bridgehead atoms. The van der Waals surface area contributed by atoms with Gasteiger partial charge in [0.1, 0.15) is 11.1 Å². The zero-order chi connectivity index (χ0) is 13.2. The summed E-state index contributed by atoms with van der Waals surface area (Å²) in [5.74, 6) is 1.10. The Balaban J connectivity index is 2.06. The molecule has 0 amide bonds. The maximum absolute atomic E-state index is 12.5. The molecule has 5 nitrogen and oxygen atoms in total. The maximum atomic E-state index is 12.5. The van der Waals surface area contributed by atoms with Gasteiger partial charge in [0.2, 0.25) is 0 Å². The number of nitrogens with one attached hydrogen (secondary N) is 1. The van der Waals surface area contributed by atoms with E-state index in [9.17, 15) is 4.79 Å². The lowest BCUT2D eigenvalue weighted by molar-refractivity contribution is 0.418. The Morgan fingerprint density at radius 2 is 2.42 bits per heavy atom. The number of ether oxygens (including phenoxy) is 1. The van der Waals surface area contributed by atoms with Gasteiger partial charge in [-0.25, -0.2) is 4.98 Å². The summed E-state index contributed by atoms with van der Waals surface area (Å²) in [7, 11) is 1.58. The molecular weight excluding hydrogens is 242 g/mol. The van der Waals surface area contributed by atoms with E-state index in [0.717, 1.165) is 19.5 Å². The molecule has 100 valence electrons. The van der Waals surface area contributed by atoms with E-state index in [-0.39, 0.29) is 5.56 Å². The van der Waals surface area contributed by atoms with E-state index in [4.69, 9.17) is 4.74 Å². The lowest BCUT2D eigenvalue weighted by Gasteiger charge is -2.12. The van der Waals surface area contributed by atoms with Crippen LogP contribution < -0.4 is 15.6 Å². The fourth-order valence-corrected chi connectivity index (χ4v) is 2.62. The summed E-state index contributed by atoms with van der Waals surface area (Å²) in [5, 5.41) is 3.88. The van der Waals surface area contributed by atoms with Crippen LogP contribution in [0.2, 0.25) is 0 Å². The molecule has 5 heteroatoms. The SMILES string of the molecule is COc1cccc2ncn(CC3CCNC3)c(=O)c12. The number of fused-ring (bicyclic) bond motifs is 1. The van der Waals surface area contributed by atoms with Gasteiger partial charge in [-0.1, -0.05) is 6.07 Å². The lowest BCUT2D eigenvalue weighted by Crippen LogP contribution is -2.25. The second-order valence-corrected chi connectivity index (χ2v) is 4.92. The van der Waals surface area contributed by atoms with Crippen molar-refractivity contribution in [2.75, 3.05) is 20.2 Å². The first-order valence-corrected chi connectivity index (χ1v) is 6.52. The number of rotatable bonds is 3. The second kappa shape index (κ2) is 5.01. The molecule has 2 heterocycles. The van der Waals surface area contributed by atoms with Crippen molar-refractivity contribution in [2.24, 2.45) is 5.92 Å². The van der Waals surface area contributed by atoms with E-state index in [1.54, 1.807) is 24.1 Å². The molecule has 19 heavy (non-hydrogen) atoms. The Bertz CT molecular complexity index is 645. The van der Waals surface area contributed by atoms with Gasteiger partial charge in [0, 0.05) is 6.54 Å². The molecule has 0 radical (unpaired) electrons. The van der Waals surface area contributed by atoms with Gasteiger partial charge in [-0.15, -0.1) is 0 Å². The third kappa shape index (κ3) is 2.21. The molecule has 1 saturated heterocycles. The molecule has 3 rings (SSSR count). The first-order chi connectivity index (χ1) is 9.29. The van der Waals surface area contributed by atoms with Crippen LogP contribution in [-0.4, -0.2) is 29.8 Å². The van der Waals surface area contributed by atoms with Gasteiger partial charge in [0.25, 0.3) is 5.56 Å². The first kappa shape index (κ1) is 12.2. The molecular formula is C14H17N3O2. The van der Waals surface area contributed by atoms with Crippen molar-refractivity contribution in [3.63, 3.8) is 0 Å². The van der Waals surface area contributed by atoms with Crippen LogP contribution in [0, 0.1) is 5.92 Å². The number of hydrogen-bond acceptors (Lipinski definition) is 4. The van der Waals surface area contributed by atoms with Gasteiger partial charge in [-0.3, -0.25) is 9.36 Å². The van der Waals surface area contributed by atoms with Gasteiger partial charge in [0.15, 0.2) is 0 Å². The van der Waals surface area contributed by atoms with E-state index in [1.807, 2.05) is 12.1 Å². The maximum Gasteiger partial charge on any atom is 0.264 e. The van der Waals surface area contributed by atoms with E-state index in [1.165, 1.54) is 0 Å². The molecule has 0 saturated carbocycles. The van der Waals surface area contributed by atoms with Crippen LogP contribution in [0.25, 0.3) is 10.9 Å². The minimum atomic E-state index is -0.0191. The second-order valence-electron chi connectivity index (χ2n) is 4.92. The molecule has 1 aromatic carbocycles. The van der Waals surface area contributed by atoms with Crippen molar-refractivity contribution in [1.29, 1.82) is 0 Å².